The molecule has 0 fully saturated rings. The Balaban J connectivity index is 1.96. The summed E-state index contributed by atoms with van der Waals surface area (Å²) in [5.41, 5.74) is 3.65. The smallest absolute Gasteiger partial charge is 0.267 e. The van der Waals surface area contributed by atoms with Crippen LogP contribution in [0.25, 0.3) is 0 Å². The van der Waals surface area contributed by atoms with Crippen LogP contribution in [0.4, 0.5) is 13.2 Å². The molecule has 0 spiro atoms. The van der Waals surface area contributed by atoms with Gasteiger partial charge in [-0.2, -0.15) is 18.3 Å². The van der Waals surface area contributed by atoms with Crippen molar-refractivity contribution in [2.45, 2.75) is 19.5 Å². The van der Waals surface area contributed by atoms with Crippen LogP contribution in [0.1, 0.15) is 34.0 Å². The first-order valence-corrected chi connectivity index (χ1v) is 6.99. The van der Waals surface area contributed by atoms with E-state index in [4.69, 9.17) is 0 Å². The molecule has 1 amide bonds. The first-order chi connectivity index (χ1) is 10.9. The van der Waals surface area contributed by atoms with Crippen LogP contribution in [0, 0.1) is 0 Å². The lowest BCUT2D eigenvalue weighted by molar-refractivity contribution is -0.137. The summed E-state index contributed by atoms with van der Waals surface area (Å²) in [6.07, 6.45) is -2.19. The van der Waals surface area contributed by atoms with E-state index in [1.807, 2.05) is 19.1 Å². The molecule has 0 radical (unpaired) electrons. The van der Waals surface area contributed by atoms with Crippen molar-refractivity contribution in [3.05, 3.63) is 70.8 Å². The fraction of sp³-hybridized carbons (Fsp3) is 0.176. The van der Waals surface area contributed by atoms with Crippen molar-refractivity contribution in [3.63, 3.8) is 0 Å². The molecule has 0 aliphatic carbocycles. The van der Waals surface area contributed by atoms with Crippen LogP contribution < -0.4 is 5.43 Å². The molecule has 120 valence electrons. The second-order valence-electron chi connectivity index (χ2n) is 4.87. The first-order valence-electron chi connectivity index (χ1n) is 6.99. The van der Waals surface area contributed by atoms with Crippen molar-refractivity contribution in [2.75, 3.05) is 0 Å². The van der Waals surface area contributed by atoms with Crippen molar-refractivity contribution in [1.29, 1.82) is 0 Å². The van der Waals surface area contributed by atoms with Crippen LogP contribution in [0.5, 0.6) is 0 Å². The molecule has 1 N–H and O–H groups in total. The zero-order chi connectivity index (χ0) is 16.9. The number of alkyl halides is 3. The topological polar surface area (TPSA) is 41.5 Å². The zero-order valence-corrected chi connectivity index (χ0v) is 12.4. The maximum atomic E-state index is 12.4. The SMILES string of the molecule is CCc1ccc(C(=O)N/N=C\c2ccc(C(F)(F)F)cc2)cc1. The van der Waals surface area contributed by atoms with Gasteiger partial charge in [-0.05, 0) is 41.8 Å². The molecular formula is C17H15F3N2O. The predicted molar refractivity (Wildman–Crippen MR) is 82.3 cm³/mol. The number of hydrazone groups is 1. The number of nitrogens with zero attached hydrogens (tertiary/aromatic N) is 1. The fourth-order valence-corrected chi connectivity index (χ4v) is 1.88. The maximum absolute atomic E-state index is 12.4. The third kappa shape index (κ3) is 4.67. The normalized spacial score (nSPS) is 11.7. The molecule has 2 aromatic rings. The van der Waals surface area contributed by atoms with E-state index in [9.17, 15) is 18.0 Å². The first kappa shape index (κ1) is 16.7. The van der Waals surface area contributed by atoms with Crippen molar-refractivity contribution in [2.24, 2.45) is 5.10 Å². The summed E-state index contributed by atoms with van der Waals surface area (Å²) in [6, 6.07) is 11.6. The molecule has 6 heteroatoms. The highest BCUT2D eigenvalue weighted by molar-refractivity contribution is 5.94. The van der Waals surface area contributed by atoms with E-state index >= 15 is 0 Å². The Labute approximate surface area is 131 Å². The van der Waals surface area contributed by atoms with Crippen LogP contribution in [0.3, 0.4) is 0 Å². The van der Waals surface area contributed by atoms with Crippen molar-refractivity contribution >= 4 is 12.1 Å². The number of amides is 1. The quantitative estimate of drug-likeness (QED) is 0.670. The number of nitrogens with one attached hydrogen (secondary N) is 1. The van der Waals surface area contributed by atoms with Crippen molar-refractivity contribution in [1.82, 2.24) is 5.43 Å². The van der Waals surface area contributed by atoms with Gasteiger partial charge in [0.1, 0.15) is 0 Å². The third-order valence-corrected chi connectivity index (χ3v) is 3.24. The molecule has 0 heterocycles. The Bertz CT molecular complexity index is 689. The number of benzene rings is 2. The van der Waals surface area contributed by atoms with Gasteiger partial charge in [0.25, 0.3) is 5.91 Å². The Morgan fingerprint density at radius 1 is 1.09 bits per heavy atom. The molecule has 0 aliphatic rings. The summed E-state index contributed by atoms with van der Waals surface area (Å²) < 4.78 is 37.3. The van der Waals surface area contributed by atoms with Gasteiger partial charge < -0.3 is 0 Å². The summed E-state index contributed by atoms with van der Waals surface area (Å²) in [6.45, 7) is 2.02. The molecule has 2 aromatic carbocycles. The summed E-state index contributed by atoms with van der Waals surface area (Å²) in [5.74, 6) is -0.379. The highest BCUT2D eigenvalue weighted by Gasteiger charge is 2.29. The number of carbonyl (C=O) groups excluding carboxylic acids is 1. The molecule has 23 heavy (non-hydrogen) atoms. The zero-order valence-electron chi connectivity index (χ0n) is 12.4. The van der Waals surface area contributed by atoms with Gasteiger partial charge in [0, 0.05) is 5.56 Å². The summed E-state index contributed by atoms with van der Waals surface area (Å²) >= 11 is 0. The van der Waals surface area contributed by atoms with Crippen LogP contribution in [-0.4, -0.2) is 12.1 Å². The van der Waals surface area contributed by atoms with Crippen LogP contribution >= 0.6 is 0 Å². The van der Waals surface area contributed by atoms with Crippen molar-refractivity contribution in [3.8, 4) is 0 Å². The van der Waals surface area contributed by atoms with E-state index in [1.165, 1.54) is 18.3 Å². The minimum Gasteiger partial charge on any atom is -0.267 e. The monoisotopic (exact) mass is 320 g/mol. The molecule has 0 saturated carbocycles. The van der Waals surface area contributed by atoms with Crippen LogP contribution in [0.15, 0.2) is 53.6 Å². The van der Waals surface area contributed by atoms with E-state index in [-0.39, 0.29) is 5.91 Å². The predicted octanol–water partition coefficient (Wildman–Crippen LogP) is 4.03. The molecule has 0 bridgehead atoms. The highest BCUT2D eigenvalue weighted by atomic mass is 19.4. The number of hydrogen-bond acceptors (Lipinski definition) is 2. The molecule has 2 rings (SSSR count). The Morgan fingerprint density at radius 3 is 2.22 bits per heavy atom. The van der Waals surface area contributed by atoms with Gasteiger partial charge in [-0.1, -0.05) is 31.2 Å². The van der Waals surface area contributed by atoms with E-state index in [0.717, 1.165) is 24.1 Å². The molecule has 0 aliphatic heterocycles. The van der Waals surface area contributed by atoms with Gasteiger partial charge >= 0.3 is 6.18 Å². The van der Waals surface area contributed by atoms with Crippen LogP contribution in [-0.2, 0) is 12.6 Å². The largest absolute Gasteiger partial charge is 0.416 e. The number of hydrogen-bond donors (Lipinski definition) is 1. The Morgan fingerprint density at radius 2 is 1.70 bits per heavy atom. The van der Waals surface area contributed by atoms with Gasteiger partial charge in [0.05, 0.1) is 11.8 Å². The lowest BCUT2D eigenvalue weighted by Crippen LogP contribution is -2.17. The molecular weight excluding hydrogens is 305 g/mol. The van der Waals surface area contributed by atoms with Gasteiger partial charge in [0.15, 0.2) is 0 Å². The molecule has 0 saturated heterocycles. The average molecular weight is 320 g/mol. The van der Waals surface area contributed by atoms with E-state index in [1.54, 1.807) is 12.1 Å². The number of rotatable bonds is 4. The highest BCUT2D eigenvalue weighted by Crippen LogP contribution is 2.28. The number of carbonyl (C=O) groups is 1. The van der Waals surface area contributed by atoms with E-state index < -0.39 is 11.7 Å². The van der Waals surface area contributed by atoms with Gasteiger partial charge in [0.2, 0.25) is 0 Å². The molecule has 0 atom stereocenters. The maximum Gasteiger partial charge on any atom is 0.416 e. The second-order valence-corrected chi connectivity index (χ2v) is 4.87. The third-order valence-electron chi connectivity index (χ3n) is 3.24. The molecule has 3 nitrogen and oxygen atoms in total. The Kier molecular flexibility index (Phi) is 5.16. The molecule has 0 aromatic heterocycles. The summed E-state index contributed by atoms with van der Waals surface area (Å²) in [5, 5.41) is 3.75. The average Bonchev–Trinajstić information content (AvgIpc) is 2.54. The lowest BCUT2D eigenvalue weighted by Gasteiger charge is -2.05. The Hall–Kier alpha value is -2.63. The number of halogens is 3. The van der Waals surface area contributed by atoms with E-state index in [2.05, 4.69) is 10.5 Å². The van der Waals surface area contributed by atoms with E-state index in [0.29, 0.717) is 11.1 Å². The molecule has 0 unspecified atom stereocenters. The minimum absolute atomic E-state index is 0.379. The van der Waals surface area contributed by atoms with Gasteiger partial charge in [-0.15, -0.1) is 0 Å². The fourth-order valence-electron chi connectivity index (χ4n) is 1.88. The summed E-state index contributed by atoms with van der Waals surface area (Å²) in [4.78, 5) is 11.8. The number of aryl methyl sites for hydroxylation is 1. The van der Waals surface area contributed by atoms with Gasteiger partial charge in [-0.3, -0.25) is 4.79 Å². The second kappa shape index (κ2) is 7.09. The lowest BCUT2D eigenvalue weighted by atomic mass is 10.1. The van der Waals surface area contributed by atoms with Crippen LogP contribution in [0.2, 0.25) is 0 Å². The van der Waals surface area contributed by atoms with Gasteiger partial charge in [-0.25, -0.2) is 5.43 Å². The summed E-state index contributed by atoms with van der Waals surface area (Å²) in [7, 11) is 0. The minimum atomic E-state index is -4.37. The standard InChI is InChI=1S/C17H15F3N2O/c1-2-12-3-7-14(8-4-12)16(23)22-21-11-13-5-9-15(10-6-13)17(18,19)20/h3-11H,2H2,1H3,(H,22,23)/b21-11-. The van der Waals surface area contributed by atoms with Crippen molar-refractivity contribution < 1.29 is 18.0 Å².